The van der Waals surface area contributed by atoms with Crippen molar-refractivity contribution in [3.8, 4) is 0 Å². The van der Waals surface area contributed by atoms with E-state index in [0.29, 0.717) is 16.9 Å². The van der Waals surface area contributed by atoms with Gasteiger partial charge in [-0.15, -0.1) is 0 Å². The minimum Gasteiger partial charge on any atom is -0.368 e. The zero-order valence-corrected chi connectivity index (χ0v) is 28.6. The molecule has 0 aliphatic heterocycles. The summed E-state index contributed by atoms with van der Waals surface area (Å²) in [6, 6.07) is 26.2. The van der Waals surface area contributed by atoms with Crippen LogP contribution in [0.2, 0.25) is 0 Å². The van der Waals surface area contributed by atoms with Gasteiger partial charge in [0.2, 0.25) is 39.8 Å². The molecule has 10 N–H and O–H groups in total. The second kappa shape index (κ2) is 14.2. The number of nitrogens with one attached hydrogen (secondary N) is 4. The number of hydrogen-bond acceptors (Lipinski definition) is 16. The Morgan fingerprint density at radius 3 is 1.50 bits per heavy atom. The Labute approximate surface area is 298 Å². The van der Waals surface area contributed by atoms with Crippen molar-refractivity contribution >= 4 is 73.4 Å². The molecule has 18 nitrogen and oxygen atoms in total. The lowest BCUT2D eigenvalue weighted by atomic mass is 9.86. The molecule has 0 saturated carbocycles. The monoisotopic (exact) mass is 744 g/mol. The lowest BCUT2D eigenvalue weighted by molar-refractivity contribution is 0.361. The van der Waals surface area contributed by atoms with E-state index in [2.05, 4.69) is 51.2 Å². The van der Waals surface area contributed by atoms with E-state index >= 15 is 0 Å². The number of hydrogen-bond donors (Lipinski definition) is 8. The van der Waals surface area contributed by atoms with E-state index in [0.717, 1.165) is 0 Å². The summed E-state index contributed by atoms with van der Waals surface area (Å²) in [5.74, 6) is -2.82. The summed E-state index contributed by atoms with van der Waals surface area (Å²) in [6.07, 6.45) is 4.11. The molecule has 20 heteroatoms. The first kappa shape index (κ1) is 35.6. The summed E-state index contributed by atoms with van der Waals surface area (Å²) in [5.41, 5.74) is 11.7. The van der Waals surface area contributed by atoms with Gasteiger partial charge in [0, 0.05) is 23.7 Å². The van der Waals surface area contributed by atoms with Crippen molar-refractivity contribution in [2.45, 2.75) is 16.2 Å². The number of aromatic nitrogens is 6. The van der Waals surface area contributed by atoms with Gasteiger partial charge in [-0.3, -0.25) is 9.11 Å². The summed E-state index contributed by atoms with van der Waals surface area (Å²) in [6.45, 7) is 0. The number of allylic oxidation sites excluding steroid dienone is 2. The van der Waals surface area contributed by atoms with Crippen LogP contribution in [0.5, 0.6) is 0 Å². The van der Waals surface area contributed by atoms with E-state index in [1.165, 1.54) is 24.3 Å². The highest BCUT2D eigenvalue weighted by atomic mass is 32.3. The smallest absolute Gasteiger partial charge is 0.288 e. The molecule has 1 atom stereocenters. The van der Waals surface area contributed by atoms with Crippen molar-refractivity contribution in [2.24, 2.45) is 5.92 Å². The van der Waals surface area contributed by atoms with Crippen LogP contribution in [0.25, 0.3) is 6.08 Å². The van der Waals surface area contributed by atoms with E-state index in [-0.39, 0.29) is 35.7 Å². The van der Waals surface area contributed by atoms with E-state index in [1.54, 1.807) is 91.0 Å². The first-order valence-corrected chi connectivity index (χ1v) is 18.2. The summed E-state index contributed by atoms with van der Waals surface area (Å²) < 4.78 is 71.5. The first-order chi connectivity index (χ1) is 24.7. The summed E-state index contributed by atoms with van der Waals surface area (Å²) in [7, 11) is -11.3. The standard InChI is InChI=1S/C32H32N12O6S2/c33-25-37-27(35-23-12-6-2-7-13-23)41-29(39-25)43-31(44-30-40-26(34)38-28(42-30)36-24-14-8-3-9-15-24)19-18-22(17-16-21-10-4-1-5-11-21)32(20-31,51(45,46)47)52(48,49)50/h1-19,22H,20H2,(H,45,46,47)(H,48,49,50)(H4,33,35,37,39,41,43)(H4,34,36,38,40,42,44). The average molecular weight is 745 g/mol. The molecule has 2 aromatic heterocycles. The molecule has 6 rings (SSSR count). The molecule has 2 heterocycles. The maximum atomic E-state index is 13.3. The van der Waals surface area contributed by atoms with Gasteiger partial charge in [0.15, 0.2) is 0 Å². The van der Waals surface area contributed by atoms with Gasteiger partial charge in [0.25, 0.3) is 20.2 Å². The van der Waals surface area contributed by atoms with Gasteiger partial charge in [-0.25, -0.2) is 0 Å². The van der Waals surface area contributed by atoms with Gasteiger partial charge >= 0.3 is 0 Å². The van der Waals surface area contributed by atoms with Crippen molar-refractivity contribution in [3.63, 3.8) is 0 Å². The Kier molecular flexibility index (Phi) is 9.71. The Hall–Kier alpha value is -6.22. The van der Waals surface area contributed by atoms with Crippen LogP contribution in [-0.2, 0) is 20.2 Å². The van der Waals surface area contributed by atoms with Crippen molar-refractivity contribution in [3.05, 3.63) is 115 Å². The first-order valence-electron chi connectivity index (χ1n) is 15.3. The highest BCUT2D eigenvalue weighted by molar-refractivity contribution is 8.05. The second-order valence-corrected chi connectivity index (χ2v) is 15.1. The third kappa shape index (κ3) is 7.89. The van der Waals surface area contributed by atoms with Crippen molar-refractivity contribution in [2.75, 3.05) is 32.7 Å². The predicted molar refractivity (Wildman–Crippen MR) is 196 cm³/mol. The highest BCUT2D eigenvalue weighted by Gasteiger charge is 2.64. The molecule has 268 valence electrons. The Balaban J connectivity index is 1.49. The SMILES string of the molecule is Nc1nc(Nc2ccccc2)nc(NC2(Nc3nc(N)nc(Nc4ccccc4)n3)C=CC(C=Cc3ccccc3)C(S(=O)(=O)O)(S(=O)(=O)O)C2)n1. The largest absolute Gasteiger partial charge is 0.368 e. The molecule has 0 bridgehead atoms. The normalized spacial score (nSPS) is 16.6. The predicted octanol–water partition coefficient (Wildman–Crippen LogP) is 3.69. The van der Waals surface area contributed by atoms with Crippen molar-refractivity contribution < 1.29 is 25.9 Å². The highest BCUT2D eigenvalue weighted by Crippen LogP contribution is 2.46. The van der Waals surface area contributed by atoms with Crippen LogP contribution in [0, 0.1) is 5.92 Å². The molecule has 0 saturated heterocycles. The third-order valence-electron chi connectivity index (χ3n) is 7.83. The van der Waals surface area contributed by atoms with E-state index < -0.39 is 42.3 Å². The van der Waals surface area contributed by atoms with Gasteiger partial charge in [0.1, 0.15) is 5.66 Å². The molecule has 5 aromatic rings. The molecule has 0 spiro atoms. The van der Waals surface area contributed by atoms with E-state index in [1.807, 2.05) is 0 Å². The van der Waals surface area contributed by atoms with Crippen LogP contribution < -0.4 is 32.7 Å². The van der Waals surface area contributed by atoms with E-state index in [9.17, 15) is 25.9 Å². The molecule has 1 aliphatic rings. The zero-order valence-electron chi connectivity index (χ0n) is 26.9. The van der Waals surface area contributed by atoms with Crippen molar-refractivity contribution in [1.29, 1.82) is 0 Å². The second-order valence-electron chi connectivity index (χ2n) is 11.5. The number of anilines is 8. The summed E-state index contributed by atoms with van der Waals surface area (Å²) >= 11 is 0. The summed E-state index contributed by atoms with van der Waals surface area (Å²) in [5, 5.41) is 11.7. The maximum absolute atomic E-state index is 13.3. The molecule has 3 aromatic carbocycles. The minimum absolute atomic E-state index is 0.0330. The van der Waals surface area contributed by atoms with E-state index in [4.69, 9.17) is 11.5 Å². The molecular weight excluding hydrogens is 713 g/mol. The fourth-order valence-corrected chi connectivity index (χ4v) is 8.43. The number of nitrogens with zero attached hydrogens (tertiary/aromatic N) is 6. The molecular formula is C32H32N12O6S2. The van der Waals surface area contributed by atoms with Crippen LogP contribution in [0.15, 0.2) is 109 Å². The van der Waals surface area contributed by atoms with Gasteiger partial charge in [-0.2, -0.15) is 46.7 Å². The van der Waals surface area contributed by atoms with Crippen LogP contribution >= 0.6 is 0 Å². The topological polar surface area (TPSA) is 286 Å². The van der Waals surface area contributed by atoms with Gasteiger partial charge < -0.3 is 32.7 Å². The molecule has 1 aliphatic carbocycles. The van der Waals surface area contributed by atoms with Gasteiger partial charge in [0.05, 0.1) is 0 Å². The molecule has 0 fully saturated rings. The van der Waals surface area contributed by atoms with Crippen LogP contribution in [0.3, 0.4) is 0 Å². The Morgan fingerprint density at radius 2 is 1.06 bits per heavy atom. The van der Waals surface area contributed by atoms with Crippen LogP contribution in [-0.4, -0.2) is 65.6 Å². The quantitative estimate of drug-likeness (QED) is 0.0513. The number of rotatable bonds is 12. The molecule has 52 heavy (non-hydrogen) atoms. The molecule has 0 amide bonds. The zero-order chi connectivity index (χ0) is 37.0. The molecule has 1 unspecified atom stereocenters. The number of nitrogen functional groups attached to an aromatic ring is 2. The fourth-order valence-electron chi connectivity index (χ4n) is 5.54. The lowest BCUT2D eigenvalue weighted by Crippen LogP contribution is -2.62. The Bertz CT molecular complexity index is 2210. The lowest BCUT2D eigenvalue weighted by Gasteiger charge is -2.44. The van der Waals surface area contributed by atoms with Crippen LogP contribution in [0.1, 0.15) is 12.0 Å². The third-order valence-corrected chi connectivity index (χ3v) is 11.7. The molecule has 0 radical (unpaired) electrons. The number of benzene rings is 3. The number of para-hydroxylation sites is 2. The van der Waals surface area contributed by atoms with Gasteiger partial charge in [-0.1, -0.05) is 85.0 Å². The van der Waals surface area contributed by atoms with Crippen LogP contribution in [0.4, 0.5) is 47.1 Å². The average Bonchev–Trinajstić information content (AvgIpc) is 3.07. The maximum Gasteiger partial charge on any atom is 0.288 e. The number of nitrogens with two attached hydrogens (primary N) is 2. The summed E-state index contributed by atoms with van der Waals surface area (Å²) in [4.78, 5) is 25.1. The fraction of sp³-hybridized carbons (Fsp3) is 0.125. The Morgan fingerprint density at radius 1 is 0.635 bits per heavy atom. The van der Waals surface area contributed by atoms with Crippen molar-refractivity contribution in [1.82, 2.24) is 29.9 Å². The van der Waals surface area contributed by atoms with Gasteiger partial charge in [-0.05, 0) is 35.9 Å². The minimum atomic E-state index is -5.67.